The van der Waals surface area contributed by atoms with Crippen LogP contribution in [0.5, 0.6) is 0 Å². The van der Waals surface area contributed by atoms with Crippen molar-refractivity contribution >= 4 is 18.3 Å². The molecule has 1 aromatic carbocycles. The van der Waals surface area contributed by atoms with Gasteiger partial charge < -0.3 is 10.0 Å². The van der Waals surface area contributed by atoms with E-state index in [1.54, 1.807) is 6.07 Å². The molecule has 0 radical (unpaired) electrons. The minimum absolute atomic E-state index is 0.0533. The lowest BCUT2D eigenvalue weighted by Gasteiger charge is -2.04. The minimum atomic E-state index is -1.67. The van der Waals surface area contributed by atoms with Gasteiger partial charge in [0.25, 0.3) is 5.69 Å². The van der Waals surface area contributed by atoms with Crippen molar-refractivity contribution in [3.05, 3.63) is 33.9 Å². The predicted molar refractivity (Wildman–Crippen MR) is 56.9 cm³/mol. The van der Waals surface area contributed by atoms with Gasteiger partial charge in [-0.25, -0.2) is 0 Å². The van der Waals surface area contributed by atoms with Gasteiger partial charge in [-0.1, -0.05) is 25.5 Å². The van der Waals surface area contributed by atoms with Crippen LogP contribution in [-0.2, 0) is 6.42 Å². The maximum Gasteiger partial charge on any atom is 0.488 e. The van der Waals surface area contributed by atoms with Crippen molar-refractivity contribution in [3.8, 4) is 0 Å². The van der Waals surface area contributed by atoms with E-state index in [4.69, 9.17) is 10.0 Å². The molecule has 0 spiro atoms. The van der Waals surface area contributed by atoms with Crippen molar-refractivity contribution in [3.63, 3.8) is 0 Å². The first-order valence-electron chi connectivity index (χ1n) is 4.69. The average molecular weight is 209 g/mol. The first-order valence-corrected chi connectivity index (χ1v) is 4.69. The molecular formula is C9H12BNO4. The van der Waals surface area contributed by atoms with Gasteiger partial charge in [-0.3, -0.25) is 10.1 Å². The van der Waals surface area contributed by atoms with E-state index in [1.807, 2.05) is 6.92 Å². The normalized spacial score (nSPS) is 10.1. The van der Waals surface area contributed by atoms with Crippen LogP contribution in [0.3, 0.4) is 0 Å². The van der Waals surface area contributed by atoms with Crippen molar-refractivity contribution in [2.45, 2.75) is 19.8 Å². The summed E-state index contributed by atoms with van der Waals surface area (Å²) in [5.41, 5.74) is 0.705. The molecule has 1 aromatic rings. The van der Waals surface area contributed by atoms with E-state index >= 15 is 0 Å². The molecule has 0 bridgehead atoms. The van der Waals surface area contributed by atoms with Crippen LogP contribution in [0.2, 0.25) is 0 Å². The molecule has 80 valence electrons. The number of rotatable bonds is 4. The zero-order valence-electron chi connectivity index (χ0n) is 8.38. The maximum atomic E-state index is 10.7. The fraction of sp³-hybridized carbons (Fsp3) is 0.333. The maximum absolute atomic E-state index is 10.7. The van der Waals surface area contributed by atoms with Crippen LogP contribution in [0, 0.1) is 10.1 Å². The Morgan fingerprint density at radius 3 is 2.60 bits per heavy atom. The highest BCUT2D eigenvalue weighted by molar-refractivity contribution is 6.58. The van der Waals surface area contributed by atoms with Crippen molar-refractivity contribution in [1.82, 2.24) is 0 Å². The van der Waals surface area contributed by atoms with Gasteiger partial charge in [0.1, 0.15) is 0 Å². The molecule has 0 amide bonds. The summed E-state index contributed by atoms with van der Waals surface area (Å²) in [4.78, 5) is 10.2. The van der Waals surface area contributed by atoms with Crippen LogP contribution >= 0.6 is 0 Å². The number of hydrogen-bond donors (Lipinski definition) is 2. The van der Waals surface area contributed by atoms with Gasteiger partial charge in [0.05, 0.1) is 4.92 Å². The van der Waals surface area contributed by atoms with Gasteiger partial charge in [0, 0.05) is 11.6 Å². The Balaban J connectivity index is 3.14. The molecule has 0 saturated carbocycles. The van der Waals surface area contributed by atoms with E-state index in [0.717, 1.165) is 6.42 Å². The largest absolute Gasteiger partial charge is 0.488 e. The van der Waals surface area contributed by atoms with Gasteiger partial charge in [0.2, 0.25) is 0 Å². The Bertz CT molecular complexity index is 367. The molecule has 0 aliphatic carbocycles. The average Bonchev–Trinajstić information content (AvgIpc) is 2.18. The molecular weight excluding hydrogens is 197 g/mol. The predicted octanol–water partition coefficient (Wildman–Crippen LogP) is 0.227. The summed E-state index contributed by atoms with van der Waals surface area (Å²) in [7, 11) is -1.67. The Labute approximate surface area is 87.7 Å². The van der Waals surface area contributed by atoms with E-state index in [9.17, 15) is 10.1 Å². The highest BCUT2D eigenvalue weighted by atomic mass is 16.6. The number of nitro groups is 1. The molecule has 0 unspecified atom stereocenters. The van der Waals surface area contributed by atoms with Crippen molar-refractivity contribution in [2.24, 2.45) is 0 Å². The van der Waals surface area contributed by atoms with Crippen molar-refractivity contribution < 1.29 is 15.0 Å². The van der Waals surface area contributed by atoms with E-state index in [2.05, 4.69) is 0 Å². The second-order valence-electron chi connectivity index (χ2n) is 3.27. The molecule has 0 aromatic heterocycles. The molecule has 15 heavy (non-hydrogen) atoms. The Kier molecular flexibility index (Phi) is 3.82. The van der Waals surface area contributed by atoms with E-state index < -0.39 is 12.0 Å². The van der Waals surface area contributed by atoms with Crippen LogP contribution in [0.1, 0.15) is 18.9 Å². The van der Waals surface area contributed by atoms with Crippen LogP contribution < -0.4 is 5.46 Å². The number of hydrogen-bond acceptors (Lipinski definition) is 4. The number of nitrogens with zero attached hydrogens (tertiary/aromatic N) is 1. The van der Waals surface area contributed by atoms with Crippen LogP contribution in [0.15, 0.2) is 18.2 Å². The monoisotopic (exact) mass is 209 g/mol. The first-order chi connectivity index (χ1) is 7.06. The lowest BCUT2D eigenvalue weighted by atomic mass is 9.79. The first kappa shape index (κ1) is 11.7. The molecule has 0 aliphatic rings. The Morgan fingerprint density at radius 1 is 1.47 bits per heavy atom. The second kappa shape index (κ2) is 4.90. The van der Waals surface area contributed by atoms with Crippen LogP contribution in [0.25, 0.3) is 0 Å². The van der Waals surface area contributed by atoms with E-state index in [0.29, 0.717) is 12.0 Å². The quantitative estimate of drug-likeness (QED) is 0.422. The summed E-state index contributed by atoms with van der Waals surface area (Å²) in [5.74, 6) is 0. The van der Waals surface area contributed by atoms with Gasteiger partial charge in [-0.15, -0.1) is 0 Å². The highest BCUT2D eigenvalue weighted by Crippen LogP contribution is 2.18. The zero-order valence-corrected chi connectivity index (χ0v) is 8.38. The Morgan fingerprint density at radius 2 is 2.13 bits per heavy atom. The molecule has 5 nitrogen and oxygen atoms in total. The molecule has 0 aliphatic heterocycles. The lowest BCUT2D eigenvalue weighted by Crippen LogP contribution is -2.30. The molecule has 0 saturated heterocycles. The third kappa shape index (κ3) is 2.77. The van der Waals surface area contributed by atoms with Gasteiger partial charge in [0.15, 0.2) is 0 Å². The van der Waals surface area contributed by atoms with Crippen molar-refractivity contribution in [1.29, 1.82) is 0 Å². The second-order valence-corrected chi connectivity index (χ2v) is 3.27. The van der Waals surface area contributed by atoms with Crippen LogP contribution in [-0.4, -0.2) is 22.1 Å². The fourth-order valence-corrected chi connectivity index (χ4v) is 1.39. The van der Waals surface area contributed by atoms with Crippen LogP contribution in [0.4, 0.5) is 5.69 Å². The topological polar surface area (TPSA) is 83.6 Å². The molecule has 1 rings (SSSR count). The summed E-state index contributed by atoms with van der Waals surface area (Å²) < 4.78 is 0. The van der Waals surface area contributed by atoms with Gasteiger partial charge in [-0.05, 0) is 11.9 Å². The van der Waals surface area contributed by atoms with Crippen molar-refractivity contribution in [2.75, 3.05) is 0 Å². The molecule has 0 fully saturated rings. The molecule has 6 heteroatoms. The number of aryl methyl sites for hydroxylation is 1. The third-order valence-corrected chi connectivity index (χ3v) is 2.12. The SMILES string of the molecule is CCCc1ccc(B(O)O)cc1[N+](=O)[O-]. The standard InChI is InChI=1S/C9H12BNO4/c1-2-3-7-4-5-8(10(12)13)6-9(7)11(14)15/h4-6,12-13H,2-3H2,1H3. The molecule has 0 atom stereocenters. The smallest absolute Gasteiger partial charge is 0.423 e. The lowest BCUT2D eigenvalue weighted by molar-refractivity contribution is -0.385. The van der Waals surface area contributed by atoms with E-state index in [1.165, 1.54) is 12.1 Å². The molecule has 0 heterocycles. The zero-order chi connectivity index (χ0) is 11.4. The fourth-order valence-electron chi connectivity index (χ4n) is 1.39. The summed E-state index contributed by atoms with van der Waals surface area (Å²) >= 11 is 0. The number of nitro benzene ring substituents is 1. The summed E-state index contributed by atoms with van der Waals surface area (Å²) in [6.45, 7) is 1.93. The highest BCUT2D eigenvalue weighted by Gasteiger charge is 2.18. The minimum Gasteiger partial charge on any atom is -0.423 e. The number of benzene rings is 1. The third-order valence-electron chi connectivity index (χ3n) is 2.12. The summed E-state index contributed by atoms with van der Waals surface area (Å²) in [5, 5.41) is 28.5. The van der Waals surface area contributed by atoms with E-state index in [-0.39, 0.29) is 11.2 Å². The van der Waals surface area contributed by atoms with Gasteiger partial charge in [-0.2, -0.15) is 0 Å². The molecule has 2 N–H and O–H groups in total. The van der Waals surface area contributed by atoms with Gasteiger partial charge >= 0.3 is 7.12 Å². The Hall–Kier alpha value is -1.40. The summed E-state index contributed by atoms with van der Waals surface area (Å²) in [6, 6.07) is 4.26. The summed E-state index contributed by atoms with van der Waals surface area (Å²) in [6.07, 6.45) is 1.42.